The number of rotatable bonds is 8. The molecule has 0 saturated carbocycles. The van der Waals surface area contributed by atoms with Crippen LogP contribution in [0.3, 0.4) is 0 Å². The van der Waals surface area contributed by atoms with Gasteiger partial charge in [-0.2, -0.15) is 5.10 Å². The van der Waals surface area contributed by atoms with Gasteiger partial charge >= 0.3 is 0 Å². The molecule has 7 nitrogen and oxygen atoms in total. The zero-order valence-corrected chi connectivity index (χ0v) is 20.8. The van der Waals surface area contributed by atoms with Crippen LogP contribution >= 0.6 is 15.9 Å². The summed E-state index contributed by atoms with van der Waals surface area (Å²) in [5.74, 6) is 1.01. The molecule has 5 aromatic rings. The van der Waals surface area contributed by atoms with Crippen LogP contribution in [-0.4, -0.2) is 26.7 Å². The quantitative estimate of drug-likeness (QED) is 0.206. The number of amides is 1. The van der Waals surface area contributed by atoms with E-state index in [0.29, 0.717) is 23.9 Å². The molecule has 0 fully saturated rings. The van der Waals surface area contributed by atoms with E-state index in [2.05, 4.69) is 31.4 Å². The first-order chi connectivity index (χ1) is 17.7. The van der Waals surface area contributed by atoms with Crippen LogP contribution in [0.4, 0.5) is 0 Å². The lowest BCUT2D eigenvalue weighted by molar-refractivity contribution is -0.121. The predicted octanol–water partition coefficient (Wildman–Crippen LogP) is 5.59. The highest BCUT2D eigenvalue weighted by Crippen LogP contribution is 2.24. The number of para-hydroxylation sites is 2. The molecule has 1 amide bonds. The number of carbonyl (C=O) groups is 1. The number of carbonyl (C=O) groups excluding carboxylic acids is 1. The van der Waals surface area contributed by atoms with E-state index in [1.54, 1.807) is 12.4 Å². The molecule has 36 heavy (non-hydrogen) atoms. The first kappa shape index (κ1) is 23.4. The average molecular weight is 540 g/mol. The van der Waals surface area contributed by atoms with Crippen molar-refractivity contribution in [2.45, 2.75) is 13.2 Å². The molecule has 0 radical (unpaired) electrons. The van der Waals surface area contributed by atoms with Crippen molar-refractivity contribution in [3.8, 4) is 17.3 Å². The molecule has 0 bridgehead atoms. The number of halogens is 1. The van der Waals surface area contributed by atoms with E-state index >= 15 is 0 Å². The number of ether oxygens (including phenoxy) is 1. The molecule has 5 rings (SSSR count). The standard InChI is InChI=1S/C28H22BrN5O2/c29-22-13-14-26(36-19-20-8-2-1-3-9-20)21(16-22)17-31-33-27(35)18-34-25-12-5-4-10-23(25)32-28(34)24-11-6-7-15-30-24/h1-17H,18-19H2,(H,33,35)/b31-17-. The smallest absolute Gasteiger partial charge is 0.260 e. The molecule has 2 aromatic heterocycles. The predicted molar refractivity (Wildman–Crippen MR) is 144 cm³/mol. The fourth-order valence-corrected chi connectivity index (χ4v) is 4.14. The summed E-state index contributed by atoms with van der Waals surface area (Å²) in [4.78, 5) is 22.0. The van der Waals surface area contributed by atoms with Crippen molar-refractivity contribution in [2.75, 3.05) is 0 Å². The monoisotopic (exact) mass is 539 g/mol. The van der Waals surface area contributed by atoms with E-state index < -0.39 is 0 Å². The Morgan fingerprint density at radius 1 is 1.00 bits per heavy atom. The minimum absolute atomic E-state index is 0.0413. The Kier molecular flexibility index (Phi) is 7.14. The Balaban J connectivity index is 1.32. The largest absolute Gasteiger partial charge is 0.488 e. The molecule has 178 valence electrons. The maximum Gasteiger partial charge on any atom is 0.260 e. The van der Waals surface area contributed by atoms with Crippen molar-refractivity contribution < 1.29 is 9.53 Å². The van der Waals surface area contributed by atoms with Gasteiger partial charge in [0.15, 0.2) is 5.82 Å². The van der Waals surface area contributed by atoms with Gasteiger partial charge in [0.2, 0.25) is 0 Å². The number of aromatic nitrogens is 3. The fourth-order valence-electron chi connectivity index (χ4n) is 3.77. The molecular weight excluding hydrogens is 518 g/mol. The number of fused-ring (bicyclic) bond motifs is 1. The molecule has 0 saturated heterocycles. The van der Waals surface area contributed by atoms with Gasteiger partial charge in [0.25, 0.3) is 5.91 Å². The molecule has 0 aliphatic heterocycles. The third-order valence-electron chi connectivity index (χ3n) is 5.45. The molecule has 0 aliphatic rings. The zero-order valence-electron chi connectivity index (χ0n) is 19.2. The van der Waals surface area contributed by atoms with Crippen LogP contribution in [0.25, 0.3) is 22.6 Å². The molecule has 0 atom stereocenters. The second-order valence-corrected chi connectivity index (χ2v) is 8.89. The Morgan fingerprint density at radius 2 is 1.81 bits per heavy atom. The minimum Gasteiger partial charge on any atom is -0.488 e. The number of pyridine rings is 1. The Morgan fingerprint density at radius 3 is 2.64 bits per heavy atom. The Hall–Kier alpha value is -4.30. The molecule has 0 spiro atoms. The second-order valence-electron chi connectivity index (χ2n) is 7.97. The number of benzene rings is 3. The number of hydrazone groups is 1. The van der Waals surface area contributed by atoms with Gasteiger partial charge in [0.1, 0.15) is 24.6 Å². The third-order valence-corrected chi connectivity index (χ3v) is 5.95. The van der Waals surface area contributed by atoms with Gasteiger partial charge in [0, 0.05) is 16.2 Å². The summed E-state index contributed by atoms with van der Waals surface area (Å²) in [5, 5.41) is 4.19. The van der Waals surface area contributed by atoms with E-state index in [9.17, 15) is 4.79 Å². The number of hydrogen-bond donors (Lipinski definition) is 1. The van der Waals surface area contributed by atoms with Crippen molar-refractivity contribution in [3.05, 3.63) is 113 Å². The summed E-state index contributed by atoms with van der Waals surface area (Å²) in [6.45, 7) is 0.472. The van der Waals surface area contributed by atoms with Gasteiger partial charge in [-0.25, -0.2) is 10.4 Å². The lowest BCUT2D eigenvalue weighted by Gasteiger charge is -2.10. The molecule has 0 unspecified atom stereocenters. The molecule has 0 aliphatic carbocycles. The van der Waals surface area contributed by atoms with Gasteiger partial charge in [-0.15, -0.1) is 0 Å². The van der Waals surface area contributed by atoms with Crippen molar-refractivity contribution in [1.29, 1.82) is 0 Å². The summed E-state index contributed by atoms with van der Waals surface area (Å²) in [6.07, 6.45) is 3.29. The lowest BCUT2D eigenvalue weighted by atomic mass is 10.2. The maximum absolute atomic E-state index is 12.9. The van der Waals surface area contributed by atoms with Crippen LogP contribution in [-0.2, 0) is 17.9 Å². The highest BCUT2D eigenvalue weighted by atomic mass is 79.9. The number of imidazole rings is 1. The first-order valence-corrected chi connectivity index (χ1v) is 12.1. The SMILES string of the molecule is O=C(Cn1c(-c2ccccn2)nc2ccccc21)N/N=C\c1cc(Br)ccc1OCc1ccccc1. The molecule has 1 N–H and O–H groups in total. The van der Waals surface area contributed by atoms with Crippen molar-refractivity contribution in [2.24, 2.45) is 5.10 Å². The fraction of sp³-hybridized carbons (Fsp3) is 0.0714. The summed E-state index contributed by atoms with van der Waals surface area (Å²) < 4.78 is 8.71. The van der Waals surface area contributed by atoms with Gasteiger partial charge in [-0.3, -0.25) is 9.78 Å². The summed E-state index contributed by atoms with van der Waals surface area (Å²) in [5.41, 5.74) is 6.76. The number of nitrogens with one attached hydrogen (secondary N) is 1. The Bertz CT molecular complexity index is 1520. The lowest BCUT2D eigenvalue weighted by Crippen LogP contribution is -2.23. The van der Waals surface area contributed by atoms with Crippen LogP contribution in [0.1, 0.15) is 11.1 Å². The van der Waals surface area contributed by atoms with Crippen LogP contribution in [0.15, 0.2) is 107 Å². The van der Waals surface area contributed by atoms with Crippen LogP contribution in [0, 0.1) is 0 Å². The molecular formula is C28H22BrN5O2. The molecule has 8 heteroatoms. The topological polar surface area (TPSA) is 81.4 Å². The van der Waals surface area contributed by atoms with Gasteiger partial charge in [-0.05, 0) is 48.0 Å². The summed E-state index contributed by atoms with van der Waals surface area (Å²) in [6, 6.07) is 28.9. The summed E-state index contributed by atoms with van der Waals surface area (Å²) in [7, 11) is 0. The number of nitrogens with zero attached hydrogens (tertiary/aromatic N) is 4. The molecule has 2 heterocycles. The maximum atomic E-state index is 12.9. The highest BCUT2D eigenvalue weighted by Gasteiger charge is 2.15. The van der Waals surface area contributed by atoms with Crippen molar-refractivity contribution >= 4 is 39.1 Å². The van der Waals surface area contributed by atoms with Crippen molar-refractivity contribution in [1.82, 2.24) is 20.0 Å². The van der Waals surface area contributed by atoms with E-state index in [1.807, 2.05) is 95.6 Å². The van der Waals surface area contributed by atoms with Crippen molar-refractivity contribution in [3.63, 3.8) is 0 Å². The van der Waals surface area contributed by atoms with Gasteiger partial charge in [-0.1, -0.05) is 64.5 Å². The number of hydrogen-bond acceptors (Lipinski definition) is 5. The van der Waals surface area contributed by atoms with Crippen LogP contribution in [0.5, 0.6) is 5.75 Å². The minimum atomic E-state index is -0.284. The second kappa shape index (κ2) is 11.0. The summed E-state index contributed by atoms with van der Waals surface area (Å²) >= 11 is 3.49. The van der Waals surface area contributed by atoms with E-state index in [0.717, 1.165) is 26.6 Å². The normalized spacial score (nSPS) is 11.1. The molecule has 3 aromatic carbocycles. The zero-order chi connectivity index (χ0) is 24.7. The Labute approximate surface area is 216 Å². The highest BCUT2D eigenvalue weighted by molar-refractivity contribution is 9.10. The van der Waals surface area contributed by atoms with E-state index in [1.165, 1.54) is 0 Å². The average Bonchev–Trinajstić information content (AvgIpc) is 3.27. The van der Waals surface area contributed by atoms with Crippen LogP contribution < -0.4 is 10.2 Å². The van der Waals surface area contributed by atoms with E-state index in [-0.39, 0.29) is 12.5 Å². The third kappa shape index (κ3) is 5.50. The van der Waals surface area contributed by atoms with E-state index in [4.69, 9.17) is 9.72 Å². The van der Waals surface area contributed by atoms with Crippen LogP contribution in [0.2, 0.25) is 0 Å². The van der Waals surface area contributed by atoms with Gasteiger partial charge < -0.3 is 9.30 Å². The first-order valence-electron chi connectivity index (χ1n) is 11.3. The van der Waals surface area contributed by atoms with Gasteiger partial charge in [0.05, 0.1) is 17.2 Å².